The quantitative estimate of drug-likeness (QED) is 0.562. The van der Waals surface area contributed by atoms with Crippen LogP contribution in [-0.2, 0) is 30.8 Å². The molecule has 0 aromatic heterocycles. The summed E-state index contributed by atoms with van der Waals surface area (Å²) < 4.78 is 32.5. The Bertz CT molecular complexity index is 865. The monoisotopic (exact) mass is 439 g/mol. The molecule has 0 saturated carbocycles. The predicted molar refractivity (Wildman–Crippen MR) is 116 cm³/mol. The molecule has 0 spiro atoms. The Kier molecular flexibility index (Phi) is 8.40. The number of benzene rings is 1. The molecule has 1 N–H and O–H groups in total. The van der Waals surface area contributed by atoms with Crippen molar-refractivity contribution in [3.8, 4) is 0 Å². The molecule has 0 radical (unpaired) electrons. The third-order valence-corrected chi connectivity index (χ3v) is 7.14. The Labute approximate surface area is 179 Å². The highest BCUT2D eigenvalue weighted by Crippen LogP contribution is 2.34. The Morgan fingerprint density at radius 2 is 1.93 bits per heavy atom. The highest BCUT2D eigenvalue weighted by atomic mass is 32.2. The molecule has 1 atom stereocenters. The Morgan fingerprint density at radius 3 is 2.50 bits per heavy atom. The van der Waals surface area contributed by atoms with E-state index < -0.39 is 16.1 Å². The second-order valence-corrected chi connectivity index (χ2v) is 9.49. The Hall–Kier alpha value is -1.97. The lowest BCUT2D eigenvalue weighted by molar-refractivity contribution is -0.125. The van der Waals surface area contributed by atoms with Crippen molar-refractivity contribution in [3.05, 3.63) is 23.8 Å². The summed E-state index contributed by atoms with van der Waals surface area (Å²) in [6.07, 6.45) is 1.10. The van der Waals surface area contributed by atoms with E-state index in [4.69, 9.17) is 4.74 Å². The molecule has 1 unspecified atom stereocenters. The first-order valence-corrected chi connectivity index (χ1v) is 11.9. The van der Waals surface area contributed by atoms with Gasteiger partial charge in [-0.1, -0.05) is 13.8 Å². The van der Waals surface area contributed by atoms with Crippen molar-refractivity contribution in [1.82, 2.24) is 9.62 Å². The zero-order valence-corrected chi connectivity index (χ0v) is 19.3. The second kappa shape index (κ2) is 10.4. The van der Waals surface area contributed by atoms with Gasteiger partial charge in [-0.25, -0.2) is 8.42 Å². The van der Waals surface area contributed by atoms with Crippen LogP contribution in [0.2, 0.25) is 0 Å². The van der Waals surface area contributed by atoms with Crippen molar-refractivity contribution in [2.45, 2.75) is 64.5 Å². The molecule has 1 aromatic rings. The second-order valence-electron chi connectivity index (χ2n) is 7.55. The van der Waals surface area contributed by atoms with Crippen LogP contribution >= 0.6 is 0 Å². The van der Waals surface area contributed by atoms with Crippen LogP contribution in [0.15, 0.2) is 23.1 Å². The summed E-state index contributed by atoms with van der Waals surface area (Å²) in [5.74, 6) is -0.504. The zero-order chi connectivity index (χ0) is 22.5. The van der Waals surface area contributed by atoms with Crippen molar-refractivity contribution in [2.24, 2.45) is 0 Å². The smallest absolute Gasteiger partial charge is 0.243 e. The lowest BCUT2D eigenvalue weighted by Crippen LogP contribution is -2.47. The minimum Gasteiger partial charge on any atom is -0.379 e. The van der Waals surface area contributed by atoms with E-state index in [2.05, 4.69) is 5.32 Å². The molecule has 168 valence electrons. The number of anilines is 1. The number of carbonyl (C=O) groups is 2. The van der Waals surface area contributed by atoms with Gasteiger partial charge in [-0.05, 0) is 44.0 Å². The molecule has 1 aromatic carbocycles. The van der Waals surface area contributed by atoms with E-state index in [-0.39, 0.29) is 29.2 Å². The fourth-order valence-corrected chi connectivity index (χ4v) is 5.13. The number of hydrogen-bond acceptors (Lipinski definition) is 5. The summed E-state index contributed by atoms with van der Waals surface area (Å²) in [6.45, 7) is 10.6. The van der Waals surface area contributed by atoms with E-state index in [9.17, 15) is 18.0 Å². The number of carbonyl (C=O) groups excluding carboxylic acids is 2. The van der Waals surface area contributed by atoms with E-state index in [1.807, 2.05) is 13.8 Å². The lowest BCUT2D eigenvalue weighted by Gasteiger charge is -2.23. The topological polar surface area (TPSA) is 96.0 Å². The first-order chi connectivity index (χ1) is 14.1. The third kappa shape index (κ3) is 5.39. The molecule has 0 saturated heterocycles. The van der Waals surface area contributed by atoms with Crippen molar-refractivity contribution >= 4 is 27.5 Å². The van der Waals surface area contributed by atoms with E-state index in [1.165, 1.54) is 22.2 Å². The number of hydrogen-bond donors (Lipinski definition) is 1. The summed E-state index contributed by atoms with van der Waals surface area (Å²) in [7, 11) is -3.61. The zero-order valence-electron chi connectivity index (χ0n) is 18.5. The van der Waals surface area contributed by atoms with Crippen LogP contribution in [0.25, 0.3) is 0 Å². The number of sulfonamides is 1. The van der Waals surface area contributed by atoms with Gasteiger partial charge in [0.25, 0.3) is 0 Å². The van der Waals surface area contributed by atoms with Crippen LogP contribution in [0, 0.1) is 0 Å². The van der Waals surface area contributed by atoms with Crippen LogP contribution in [0.1, 0.15) is 46.6 Å². The minimum atomic E-state index is -3.61. The van der Waals surface area contributed by atoms with Gasteiger partial charge in [-0.2, -0.15) is 4.31 Å². The number of fused-ring (bicyclic) bond motifs is 1. The van der Waals surface area contributed by atoms with Crippen LogP contribution in [0.3, 0.4) is 0 Å². The summed E-state index contributed by atoms with van der Waals surface area (Å²) in [4.78, 5) is 26.6. The predicted octanol–water partition coefficient (Wildman–Crippen LogP) is 1.93. The fourth-order valence-electron chi connectivity index (χ4n) is 3.62. The maximum atomic E-state index is 12.8. The highest BCUT2D eigenvalue weighted by molar-refractivity contribution is 7.89. The Morgan fingerprint density at radius 1 is 1.27 bits per heavy atom. The average molecular weight is 440 g/mol. The summed E-state index contributed by atoms with van der Waals surface area (Å²) >= 11 is 0. The molecule has 2 rings (SSSR count). The van der Waals surface area contributed by atoms with E-state index in [0.29, 0.717) is 43.9 Å². The molecule has 0 fully saturated rings. The maximum absolute atomic E-state index is 12.8. The van der Waals surface area contributed by atoms with Gasteiger partial charge in [0.05, 0.1) is 11.0 Å². The van der Waals surface area contributed by atoms with E-state index in [1.54, 1.807) is 26.0 Å². The van der Waals surface area contributed by atoms with Gasteiger partial charge in [0.15, 0.2) is 0 Å². The molecule has 1 heterocycles. The first kappa shape index (κ1) is 24.3. The largest absolute Gasteiger partial charge is 0.379 e. The van der Waals surface area contributed by atoms with Crippen LogP contribution in [0.4, 0.5) is 5.69 Å². The number of rotatable bonds is 10. The fraction of sp³-hybridized carbons (Fsp3) is 0.619. The molecule has 0 aliphatic carbocycles. The van der Waals surface area contributed by atoms with Crippen LogP contribution in [0.5, 0.6) is 0 Å². The van der Waals surface area contributed by atoms with Crippen molar-refractivity contribution in [1.29, 1.82) is 0 Å². The van der Waals surface area contributed by atoms with Gasteiger partial charge in [0.2, 0.25) is 21.8 Å². The van der Waals surface area contributed by atoms with Crippen molar-refractivity contribution in [3.63, 3.8) is 0 Å². The summed E-state index contributed by atoms with van der Waals surface area (Å²) in [5, 5.41) is 2.86. The van der Waals surface area contributed by atoms with E-state index >= 15 is 0 Å². The average Bonchev–Trinajstić information content (AvgIpc) is 3.07. The standard InChI is InChI=1S/C21H33N3O5S/c1-6-23(7-2)30(27,28)18-9-10-19-17(13-18)14-20(24(19)16(5)25)21(26)22-11-8-12-29-15(3)4/h9-10,13,15,20H,6-8,11-12,14H2,1-5H3,(H,22,26). The third-order valence-electron chi connectivity index (χ3n) is 5.09. The summed E-state index contributed by atoms with van der Waals surface area (Å²) in [5.41, 5.74) is 1.27. The first-order valence-electron chi connectivity index (χ1n) is 10.5. The molecule has 8 nitrogen and oxygen atoms in total. The molecular formula is C21H33N3O5S. The number of nitrogens with one attached hydrogen (secondary N) is 1. The molecule has 30 heavy (non-hydrogen) atoms. The Balaban J connectivity index is 2.17. The van der Waals surface area contributed by atoms with Crippen molar-refractivity contribution < 1.29 is 22.7 Å². The number of amides is 2. The molecule has 1 aliphatic heterocycles. The van der Waals surface area contributed by atoms with Crippen molar-refractivity contribution in [2.75, 3.05) is 31.1 Å². The SMILES string of the molecule is CCN(CC)S(=O)(=O)c1ccc2c(c1)CC(C(=O)NCCCOC(C)C)N2C(C)=O. The van der Waals surface area contributed by atoms with Gasteiger partial charge in [0, 0.05) is 45.3 Å². The molecule has 0 bridgehead atoms. The molecular weight excluding hydrogens is 406 g/mol. The van der Waals surface area contributed by atoms with Gasteiger partial charge < -0.3 is 10.1 Å². The highest BCUT2D eigenvalue weighted by Gasteiger charge is 2.37. The van der Waals surface area contributed by atoms with Gasteiger partial charge in [0.1, 0.15) is 6.04 Å². The van der Waals surface area contributed by atoms with Crippen LogP contribution in [-0.4, -0.2) is 62.9 Å². The van der Waals surface area contributed by atoms with Crippen LogP contribution < -0.4 is 10.2 Å². The van der Waals surface area contributed by atoms with Gasteiger partial charge in [-0.3, -0.25) is 14.5 Å². The van der Waals surface area contributed by atoms with E-state index in [0.717, 1.165) is 0 Å². The maximum Gasteiger partial charge on any atom is 0.243 e. The lowest BCUT2D eigenvalue weighted by atomic mass is 10.1. The normalized spacial score (nSPS) is 16.2. The molecule has 2 amide bonds. The minimum absolute atomic E-state index is 0.139. The number of nitrogens with zero attached hydrogens (tertiary/aromatic N) is 2. The summed E-state index contributed by atoms with van der Waals surface area (Å²) in [6, 6.07) is 4.03. The molecule has 9 heteroatoms. The number of ether oxygens (including phenoxy) is 1. The van der Waals surface area contributed by atoms with Gasteiger partial charge in [-0.15, -0.1) is 0 Å². The van der Waals surface area contributed by atoms with Gasteiger partial charge >= 0.3 is 0 Å². The molecule has 1 aliphatic rings.